The van der Waals surface area contributed by atoms with Gasteiger partial charge in [-0.2, -0.15) is 0 Å². The molecule has 16 heavy (non-hydrogen) atoms. The van der Waals surface area contributed by atoms with Crippen LogP contribution in [0.5, 0.6) is 0 Å². The fourth-order valence-corrected chi connectivity index (χ4v) is 1.62. The summed E-state index contributed by atoms with van der Waals surface area (Å²) in [4.78, 5) is 8.26. The predicted octanol–water partition coefficient (Wildman–Crippen LogP) is 1.33. The van der Waals surface area contributed by atoms with E-state index >= 15 is 0 Å². The van der Waals surface area contributed by atoms with Crippen molar-refractivity contribution in [2.24, 2.45) is 0 Å². The van der Waals surface area contributed by atoms with Crippen molar-refractivity contribution in [1.29, 1.82) is 0 Å². The first-order chi connectivity index (χ1) is 7.55. The van der Waals surface area contributed by atoms with Gasteiger partial charge in [0.2, 0.25) is 0 Å². The highest BCUT2D eigenvalue weighted by atomic mass is 16.3. The van der Waals surface area contributed by atoms with E-state index in [1.165, 1.54) is 0 Å². The van der Waals surface area contributed by atoms with Crippen LogP contribution in [0.3, 0.4) is 0 Å². The molecule has 0 saturated carbocycles. The van der Waals surface area contributed by atoms with Crippen molar-refractivity contribution in [3.8, 4) is 0 Å². The number of hydrogen-bond acceptors (Lipinski definition) is 5. The van der Waals surface area contributed by atoms with Gasteiger partial charge in [0.05, 0.1) is 12.1 Å². The maximum absolute atomic E-state index is 9.44. The van der Waals surface area contributed by atoms with E-state index in [-0.39, 0.29) is 12.1 Å². The zero-order valence-corrected chi connectivity index (χ0v) is 10.1. The monoisotopic (exact) mass is 224 g/mol. The Labute approximate surface area is 96.1 Å². The van der Waals surface area contributed by atoms with Gasteiger partial charge in [0, 0.05) is 6.07 Å². The number of hydrogen-bond donors (Lipinski definition) is 3. The Hall–Kier alpha value is -1.36. The van der Waals surface area contributed by atoms with Crippen LogP contribution in [0.1, 0.15) is 32.5 Å². The van der Waals surface area contributed by atoms with Gasteiger partial charge in [-0.05, 0) is 19.8 Å². The van der Waals surface area contributed by atoms with Gasteiger partial charge in [-0.25, -0.2) is 9.97 Å². The Morgan fingerprint density at radius 1 is 1.38 bits per heavy atom. The van der Waals surface area contributed by atoms with Crippen molar-refractivity contribution in [3.63, 3.8) is 0 Å². The quantitative estimate of drug-likeness (QED) is 0.702. The molecule has 0 radical (unpaired) electrons. The van der Waals surface area contributed by atoms with Gasteiger partial charge in [0.25, 0.3) is 0 Å². The summed E-state index contributed by atoms with van der Waals surface area (Å²) in [5, 5.41) is 12.7. The van der Waals surface area contributed by atoms with Crippen molar-refractivity contribution < 1.29 is 5.11 Å². The van der Waals surface area contributed by atoms with Crippen LogP contribution in [0.15, 0.2) is 6.07 Å². The van der Waals surface area contributed by atoms with E-state index in [0.29, 0.717) is 17.5 Å². The van der Waals surface area contributed by atoms with Crippen molar-refractivity contribution in [2.75, 3.05) is 17.7 Å². The molecule has 0 aliphatic heterocycles. The van der Waals surface area contributed by atoms with Crippen molar-refractivity contribution in [3.05, 3.63) is 11.9 Å². The van der Waals surface area contributed by atoms with E-state index in [9.17, 15) is 5.11 Å². The molecular formula is C11H20N4O. The number of nitrogen functional groups attached to an aromatic ring is 1. The third kappa shape index (κ3) is 2.82. The smallest absolute Gasteiger partial charge is 0.132 e. The van der Waals surface area contributed by atoms with Gasteiger partial charge >= 0.3 is 0 Å². The largest absolute Gasteiger partial charge is 0.394 e. The molecule has 0 fully saturated rings. The Morgan fingerprint density at radius 2 is 2.00 bits per heavy atom. The van der Waals surface area contributed by atoms with Crippen molar-refractivity contribution in [1.82, 2.24) is 9.97 Å². The Kier molecular flexibility index (Phi) is 4.06. The summed E-state index contributed by atoms with van der Waals surface area (Å²) in [6.45, 7) is 5.93. The first-order valence-electron chi connectivity index (χ1n) is 5.55. The highest BCUT2D eigenvalue weighted by Gasteiger charge is 2.25. The molecule has 1 heterocycles. The summed E-state index contributed by atoms with van der Waals surface area (Å²) < 4.78 is 0. The van der Waals surface area contributed by atoms with Gasteiger partial charge in [-0.15, -0.1) is 0 Å². The van der Waals surface area contributed by atoms with Gasteiger partial charge < -0.3 is 16.2 Å². The number of aromatic nitrogens is 2. The van der Waals surface area contributed by atoms with E-state index in [4.69, 9.17) is 5.73 Å². The molecule has 4 N–H and O–H groups in total. The van der Waals surface area contributed by atoms with E-state index in [1.54, 1.807) is 13.0 Å². The molecule has 0 atom stereocenters. The van der Waals surface area contributed by atoms with E-state index in [1.807, 2.05) is 13.8 Å². The standard InChI is InChI=1S/C11H20N4O/c1-4-11(5-2,7-16)15-10-6-9(12)13-8(3)14-10/h6,16H,4-5,7H2,1-3H3,(H3,12,13,14,15). The maximum atomic E-state index is 9.44. The van der Waals surface area contributed by atoms with Crippen molar-refractivity contribution in [2.45, 2.75) is 39.2 Å². The Balaban J connectivity index is 2.93. The van der Waals surface area contributed by atoms with E-state index in [2.05, 4.69) is 15.3 Å². The first-order valence-corrected chi connectivity index (χ1v) is 5.55. The molecule has 5 heteroatoms. The predicted molar refractivity (Wildman–Crippen MR) is 65.2 cm³/mol. The zero-order chi connectivity index (χ0) is 12.2. The lowest BCUT2D eigenvalue weighted by Crippen LogP contribution is -2.41. The molecule has 0 aliphatic carbocycles. The molecule has 0 saturated heterocycles. The summed E-state index contributed by atoms with van der Waals surface area (Å²) in [5.41, 5.74) is 5.32. The highest BCUT2D eigenvalue weighted by Crippen LogP contribution is 2.21. The average Bonchev–Trinajstić information content (AvgIpc) is 2.25. The van der Waals surface area contributed by atoms with Crippen molar-refractivity contribution >= 4 is 11.6 Å². The van der Waals surface area contributed by atoms with Crippen LogP contribution < -0.4 is 11.1 Å². The molecule has 0 aromatic carbocycles. The molecule has 0 bridgehead atoms. The molecule has 0 aliphatic rings. The van der Waals surface area contributed by atoms with Crippen LogP contribution in [0, 0.1) is 6.92 Å². The topological polar surface area (TPSA) is 84.1 Å². The number of nitrogens with one attached hydrogen (secondary N) is 1. The summed E-state index contributed by atoms with van der Waals surface area (Å²) in [5.74, 6) is 1.73. The fraction of sp³-hybridized carbons (Fsp3) is 0.636. The molecule has 0 spiro atoms. The van der Waals surface area contributed by atoms with E-state index in [0.717, 1.165) is 12.8 Å². The third-order valence-electron chi connectivity index (χ3n) is 2.91. The van der Waals surface area contributed by atoms with Gasteiger partial charge in [0.1, 0.15) is 17.5 Å². The van der Waals surface area contributed by atoms with Crippen LogP contribution in [-0.4, -0.2) is 27.2 Å². The van der Waals surface area contributed by atoms with Crippen LogP contribution >= 0.6 is 0 Å². The minimum absolute atomic E-state index is 0.0724. The van der Waals surface area contributed by atoms with Crippen LogP contribution in [0.2, 0.25) is 0 Å². The zero-order valence-electron chi connectivity index (χ0n) is 10.1. The Bertz CT molecular complexity index is 321. The third-order valence-corrected chi connectivity index (χ3v) is 2.91. The SMILES string of the molecule is CCC(CC)(CO)Nc1cc(N)nc(C)n1. The minimum atomic E-state index is -0.326. The average molecular weight is 224 g/mol. The van der Waals surface area contributed by atoms with Gasteiger partial charge in [-0.1, -0.05) is 13.8 Å². The molecule has 1 aromatic rings. The summed E-state index contributed by atoms with van der Waals surface area (Å²) >= 11 is 0. The van der Waals surface area contributed by atoms with Gasteiger partial charge in [0.15, 0.2) is 0 Å². The second kappa shape index (κ2) is 5.12. The lowest BCUT2D eigenvalue weighted by Gasteiger charge is -2.31. The number of aliphatic hydroxyl groups is 1. The molecule has 5 nitrogen and oxygen atoms in total. The van der Waals surface area contributed by atoms with Gasteiger partial charge in [-0.3, -0.25) is 0 Å². The minimum Gasteiger partial charge on any atom is -0.394 e. The summed E-state index contributed by atoms with van der Waals surface area (Å²) in [6, 6.07) is 1.68. The van der Waals surface area contributed by atoms with Crippen LogP contribution in [0.4, 0.5) is 11.6 Å². The second-order valence-corrected chi connectivity index (χ2v) is 4.00. The molecular weight excluding hydrogens is 204 g/mol. The summed E-state index contributed by atoms with van der Waals surface area (Å²) in [7, 11) is 0. The summed E-state index contributed by atoms with van der Waals surface area (Å²) in [6.07, 6.45) is 1.64. The molecule has 0 unspecified atom stereocenters. The fourth-order valence-electron chi connectivity index (χ4n) is 1.62. The lowest BCUT2D eigenvalue weighted by atomic mass is 9.94. The Morgan fingerprint density at radius 3 is 2.44 bits per heavy atom. The number of rotatable bonds is 5. The number of aryl methyl sites for hydroxylation is 1. The maximum Gasteiger partial charge on any atom is 0.132 e. The highest BCUT2D eigenvalue weighted by molar-refractivity contribution is 5.46. The normalized spacial score (nSPS) is 11.5. The van der Waals surface area contributed by atoms with Crippen LogP contribution in [-0.2, 0) is 0 Å². The number of nitrogens with two attached hydrogens (primary N) is 1. The van der Waals surface area contributed by atoms with E-state index < -0.39 is 0 Å². The second-order valence-electron chi connectivity index (χ2n) is 4.00. The van der Waals surface area contributed by atoms with Crippen LogP contribution in [0.25, 0.3) is 0 Å². The number of anilines is 2. The lowest BCUT2D eigenvalue weighted by molar-refractivity contribution is 0.202. The molecule has 0 amide bonds. The first kappa shape index (κ1) is 12.7. The number of aliphatic hydroxyl groups excluding tert-OH is 1. The molecule has 1 rings (SSSR count). The molecule has 1 aromatic heterocycles. The number of nitrogens with zero attached hydrogens (tertiary/aromatic N) is 2. The molecule has 90 valence electrons.